The molecule has 2 heterocycles. The summed E-state index contributed by atoms with van der Waals surface area (Å²) in [5.41, 5.74) is 3.29. The van der Waals surface area contributed by atoms with Crippen LogP contribution in [0.2, 0.25) is 0 Å². The molecule has 2 N–H and O–H groups in total. The van der Waals surface area contributed by atoms with E-state index in [0.717, 1.165) is 30.5 Å². The molecule has 0 unspecified atom stereocenters. The summed E-state index contributed by atoms with van der Waals surface area (Å²) in [5.74, 6) is 0.204. The maximum atomic E-state index is 13.0. The van der Waals surface area contributed by atoms with Crippen LogP contribution >= 0.6 is 0 Å². The Morgan fingerprint density at radius 3 is 2.63 bits per heavy atom. The molecule has 1 aromatic heterocycles. The number of aromatic amines is 1. The second-order valence-electron chi connectivity index (χ2n) is 7.39. The Morgan fingerprint density at radius 2 is 1.93 bits per heavy atom. The van der Waals surface area contributed by atoms with Crippen molar-refractivity contribution in [3.05, 3.63) is 41.1 Å². The number of anilines is 1. The maximum Gasteiger partial charge on any atom is 0.243 e. The van der Waals surface area contributed by atoms with Crippen molar-refractivity contribution < 1.29 is 13.2 Å². The van der Waals surface area contributed by atoms with Crippen molar-refractivity contribution in [2.75, 3.05) is 18.4 Å². The Balaban J connectivity index is 1.40. The molecule has 1 amide bonds. The van der Waals surface area contributed by atoms with E-state index >= 15 is 0 Å². The van der Waals surface area contributed by atoms with Crippen LogP contribution in [0.5, 0.6) is 0 Å². The highest BCUT2D eigenvalue weighted by Crippen LogP contribution is 2.28. The van der Waals surface area contributed by atoms with E-state index in [1.54, 1.807) is 12.1 Å². The number of H-pyrrole nitrogens is 1. The molecule has 0 saturated carbocycles. The predicted octanol–water partition coefficient (Wildman–Crippen LogP) is 2.25. The van der Waals surface area contributed by atoms with E-state index < -0.39 is 10.0 Å². The average Bonchev–Trinajstić information content (AvgIpc) is 3.29. The number of nitrogens with one attached hydrogen (secondary N) is 2. The summed E-state index contributed by atoms with van der Waals surface area (Å²) in [7, 11) is -3.50. The molecule has 144 valence electrons. The average molecular weight is 388 g/mol. The number of fused-ring (bicyclic) bond motifs is 1. The van der Waals surface area contributed by atoms with Gasteiger partial charge < -0.3 is 5.32 Å². The van der Waals surface area contributed by atoms with E-state index in [0.29, 0.717) is 36.6 Å². The third-order valence-electron chi connectivity index (χ3n) is 5.49. The van der Waals surface area contributed by atoms with Gasteiger partial charge in [-0.1, -0.05) is 6.07 Å². The quantitative estimate of drug-likeness (QED) is 0.840. The summed E-state index contributed by atoms with van der Waals surface area (Å²) in [4.78, 5) is 12.8. The first-order chi connectivity index (χ1) is 12.9. The van der Waals surface area contributed by atoms with Crippen LogP contribution in [0.15, 0.2) is 29.2 Å². The number of piperidine rings is 1. The van der Waals surface area contributed by atoms with E-state index in [1.165, 1.54) is 9.87 Å². The Kier molecular flexibility index (Phi) is 4.77. The Bertz CT molecular complexity index is 959. The first-order valence-corrected chi connectivity index (χ1v) is 10.8. The number of carbonyl (C=O) groups excluding carboxylic acids is 1. The van der Waals surface area contributed by atoms with Crippen LogP contribution in [0.3, 0.4) is 0 Å². The summed E-state index contributed by atoms with van der Waals surface area (Å²) in [6, 6.07) is 7.27. The lowest BCUT2D eigenvalue weighted by Gasteiger charge is -2.30. The second-order valence-corrected chi connectivity index (χ2v) is 9.33. The molecule has 1 aliphatic carbocycles. The molecule has 27 heavy (non-hydrogen) atoms. The number of hydrogen-bond acceptors (Lipinski definition) is 4. The van der Waals surface area contributed by atoms with E-state index in [9.17, 15) is 13.2 Å². The highest BCUT2D eigenvalue weighted by molar-refractivity contribution is 7.89. The van der Waals surface area contributed by atoms with Crippen LogP contribution in [0.25, 0.3) is 0 Å². The van der Waals surface area contributed by atoms with Crippen LogP contribution < -0.4 is 5.32 Å². The van der Waals surface area contributed by atoms with Gasteiger partial charge in [0, 0.05) is 30.8 Å². The highest BCUT2D eigenvalue weighted by Gasteiger charge is 2.32. The Hall–Kier alpha value is -2.19. The minimum absolute atomic E-state index is 0.101. The van der Waals surface area contributed by atoms with Gasteiger partial charge in [0.25, 0.3) is 0 Å². The fraction of sp³-hybridized carbons (Fsp3) is 0.474. The van der Waals surface area contributed by atoms with Gasteiger partial charge in [-0.3, -0.25) is 9.89 Å². The van der Waals surface area contributed by atoms with Crippen molar-refractivity contribution in [2.45, 2.75) is 43.9 Å². The molecule has 1 aliphatic heterocycles. The number of amides is 1. The normalized spacial score (nSPS) is 18.4. The molecule has 7 nitrogen and oxygen atoms in total. The molecule has 8 heteroatoms. The third-order valence-corrected chi connectivity index (χ3v) is 7.38. The summed E-state index contributed by atoms with van der Waals surface area (Å²) in [6.07, 6.45) is 4.10. The molecule has 2 aromatic rings. The van der Waals surface area contributed by atoms with Gasteiger partial charge in [0.15, 0.2) is 5.82 Å². The van der Waals surface area contributed by atoms with Crippen molar-refractivity contribution >= 4 is 21.7 Å². The lowest BCUT2D eigenvalue weighted by molar-refractivity contribution is -0.120. The SMILES string of the molecule is Cc1cc(NC(=O)C2CCN(S(=O)(=O)c3ccc4c(c3)CCC4)CC2)n[nH]1. The van der Waals surface area contributed by atoms with E-state index in [2.05, 4.69) is 15.5 Å². The van der Waals surface area contributed by atoms with Gasteiger partial charge in [0.05, 0.1) is 4.90 Å². The zero-order valence-corrected chi connectivity index (χ0v) is 16.2. The lowest BCUT2D eigenvalue weighted by Crippen LogP contribution is -2.41. The number of carbonyl (C=O) groups is 1. The molecule has 2 aliphatic rings. The van der Waals surface area contributed by atoms with Gasteiger partial charge in [-0.2, -0.15) is 9.40 Å². The zero-order valence-electron chi connectivity index (χ0n) is 15.4. The summed E-state index contributed by atoms with van der Waals surface area (Å²) in [6.45, 7) is 2.58. The van der Waals surface area contributed by atoms with Crippen LogP contribution in [0.1, 0.15) is 36.1 Å². The number of aryl methyl sites for hydroxylation is 3. The van der Waals surface area contributed by atoms with Crippen molar-refractivity contribution in [3.8, 4) is 0 Å². The largest absolute Gasteiger partial charge is 0.309 e. The predicted molar refractivity (Wildman–Crippen MR) is 102 cm³/mol. The van der Waals surface area contributed by atoms with Gasteiger partial charge >= 0.3 is 0 Å². The number of rotatable bonds is 4. The van der Waals surface area contributed by atoms with Crippen LogP contribution in [0, 0.1) is 12.8 Å². The van der Waals surface area contributed by atoms with Crippen molar-refractivity contribution in [1.29, 1.82) is 0 Å². The van der Waals surface area contributed by atoms with Gasteiger partial charge in [-0.15, -0.1) is 0 Å². The smallest absolute Gasteiger partial charge is 0.243 e. The standard InChI is InChI=1S/C19H24N4O3S/c1-13-11-18(22-21-13)20-19(24)15-7-9-23(10-8-15)27(25,26)17-6-5-14-3-2-4-16(14)12-17/h5-6,11-12,15H,2-4,7-10H2,1H3,(H2,20,21,22,24). The molecule has 0 bridgehead atoms. The number of benzene rings is 1. The summed E-state index contributed by atoms with van der Waals surface area (Å²) in [5, 5.41) is 9.59. The number of nitrogens with zero attached hydrogens (tertiary/aromatic N) is 2. The fourth-order valence-corrected chi connectivity index (χ4v) is 5.45. The molecule has 0 atom stereocenters. The molecule has 1 saturated heterocycles. The second kappa shape index (κ2) is 7.09. The molecule has 1 fully saturated rings. The van der Waals surface area contributed by atoms with Crippen molar-refractivity contribution in [3.63, 3.8) is 0 Å². The Morgan fingerprint density at radius 1 is 1.19 bits per heavy atom. The fourth-order valence-electron chi connectivity index (χ4n) is 3.93. The minimum Gasteiger partial charge on any atom is -0.309 e. The van der Waals surface area contributed by atoms with Crippen LogP contribution in [-0.2, 0) is 27.7 Å². The molecule has 0 radical (unpaired) electrons. The summed E-state index contributed by atoms with van der Waals surface area (Å²) < 4.78 is 27.4. The molecule has 1 aromatic carbocycles. The molecule has 0 spiro atoms. The van der Waals surface area contributed by atoms with E-state index in [-0.39, 0.29) is 11.8 Å². The highest BCUT2D eigenvalue weighted by atomic mass is 32.2. The number of sulfonamides is 1. The first-order valence-electron chi connectivity index (χ1n) is 9.38. The third kappa shape index (κ3) is 3.64. The molecule has 4 rings (SSSR count). The van der Waals surface area contributed by atoms with E-state index in [4.69, 9.17) is 0 Å². The van der Waals surface area contributed by atoms with Crippen molar-refractivity contribution in [1.82, 2.24) is 14.5 Å². The number of hydrogen-bond donors (Lipinski definition) is 2. The van der Waals surface area contributed by atoms with Crippen molar-refractivity contribution in [2.24, 2.45) is 5.92 Å². The number of aromatic nitrogens is 2. The minimum atomic E-state index is -3.50. The lowest BCUT2D eigenvalue weighted by atomic mass is 9.97. The summed E-state index contributed by atoms with van der Waals surface area (Å²) >= 11 is 0. The maximum absolute atomic E-state index is 13.0. The van der Waals surface area contributed by atoms with Crippen LogP contribution in [0.4, 0.5) is 5.82 Å². The van der Waals surface area contributed by atoms with Gasteiger partial charge in [-0.25, -0.2) is 8.42 Å². The monoisotopic (exact) mass is 388 g/mol. The molecular formula is C19H24N4O3S. The van der Waals surface area contributed by atoms with Gasteiger partial charge in [0.2, 0.25) is 15.9 Å². The van der Waals surface area contributed by atoms with Crippen LogP contribution in [-0.4, -0.2) is 41.9 Å². The molecular weight excluding hydrogens is 364 g/mol. The zero-order chi connectivity index (χ0) is 19.0. The topological polar surface area (TPSA) is 95.2 Å². The van der Waals surface area contributed by atoms with E-state index in [1.807, 2.05) is 19.1 Å². The van der Waals surface area contributed by atoms with Gasteiger partial charge in [0.1, 0.15) is 0 Å². The van der Waals surface area contributed by atoms with Gasteiger partial charge in [-0.05, 0) is 62.3 Å². The first kappa shape index (κ1) is 18.2. The Labute approximate surface area is 159 Å².